The quantitative estimate of drug-likeness (QED) is 0.662. The third-order valence-electron chi connectivity index (χ3n) is 4.19. The highest BCUT2D eigenvalue weighted by molar-refractivity contribution is 6.21. The van der Waals surface area contributed by atoms with Gasteiger partial charge in [0.15, 0.2) is 11.5 Å². The van der Waals surface area contributed by atoms with Crippen LogP contribution in [0.5, 0.6) is 5.75 Å². The number of carbonyl (C=O) groups excluding carboxylic acids is 2. The van der Waals surface area contributed by atoms with Gasteiger partial charge in [0.25, 0.3) is 5.91 Å². The van der Waals surface area contributed by atoms with Gasteiger partial charge >= 0.3 is 5.97 Å². The predicted molar refractivity (Wildman–Crippen MR) is 88.7 cm³/mol. The molecule has 132 valence electrons. The molecule has 0 aromatic heterocycles. The fourth-order valence-corrected chi connectivity index (χ4v) is 2.69. The maximum Gasteiger partial charge on any atom is 0.343 e. The molecule has 1 fully saturated rings. The number of carbonyl (C=O) groups is 2. The standard InChI is InChI=1S/C18H19NO6/c1-11-15(20)16(25-18(11)22)14(12-3-5-13(23-2)6-4-12)17(21)19-7-9-24-10-8-19/h3-6,20H,7-10H2,1-2H3/b16-14+. The number of aliphatic hydroxyl groups excluding tert-OH is 1. The smallest absolute Gasteiger partial charge is 0.343 e. The molecule has 0 unspecified atom stereocenters. The first-order valence-corrected chi connectivity index (χ1v) is 7.91. The average molecular weight is 345 g/mol. The van der Waals surface area contributed by atoms with Gasteiger partial charge in [-0.3, -0.25) is 4.79 Å². The second kappa shape index (κ2) is 6.98. The molecule has 7 nitrogen and oxygen atoms in total. The van der Waals surface area contributed by atoms with E-state index in [0.717, 1.165) is 0 Å². The van der Waals surface area contributed by atoms with E-state index in [1.165, 1.54) is 6.92 Å². The number of nitrogens with zero attached hydrogens (tertiary/aromatic N) is 1. The van der Waals surface area contributed by atoms with Gasteiger partial charge in [-0.2, -0.15) is 0 Å². The van der Waals surface area contributed by atoms with Crippen molar-refractivity contribution in [1.82, 2.24) is 4.90 Å². The molecule has 0 radical (unpaired) electrons. The van der Waals surface area contributed by atoms with Gasteiger partial charge < -0.3 is 24.2 Å². The van der Waals surface area contributed by atoms with Crippen LogP contribution in [0.25, 0.3) is 5.57 Å². The largest absolute Gasteiger partial charge is 0.504 e. The van der Waals surface area contributed by atoms with Crippen molar-refractivity contribution in [3.63, 3.8) is 0 Å². The number of esters is 1. The molecule has 0 bridgehead atoms. The number of cyclic esters (lactones) is 1. The molecular formula is C18H19NO6. The van der Waals surface area contributed by atoms with Crippen LogP contribution in [0, 0.1) is 0 Å². The van der Waals surface area contributed by atoms with E-state index in [0.29, 0.717) is 37.6 Å². The van der Waals surface area contributed by atoms with Crippen LogP contribution in [0.4, 0.5) is 0 Å². The van der Waals surface area contributed by atoms with Gasteiger partial charge in [0.05, 0.1) is 31.5 Å². The zero-order valence-corrected chi connectivity index (χ0v) is 14.1. The third-order valence-corrected chi connectivity index (χ3v) is 4.19. The van der Waals surface area contributed by atoms with Gasteiger partial charge in [0.1, 0.15) is 5.75 Å². The molecule has 0 spiro atoms. The summed E-state index contributed by atoms with van der Waals surface area (Å²) in [5, 5.41) is 10.3. The molecule has 2 heterocycles. The lowest BCUT2D eigenvalue weighted by molar-refractivity contribution is -0.133. The van der Waals surface area contributed by atoms with Crippen molar-refractivity contribution < 1.29 is 28.9 Å². The minimum atomic E-state index is -0.659. The van der Waals surface area contributed by atoms with Crippen LogP contribution in [0.15, 0.2) is 41.4 Å². The van der Waals surface area contributed by atoms with E-state index in [4.69, 9.17) is 14.2 Å². The van der Waals surface area contributed by atoms with Gasteiger partial charge in [-0.05, 0) is 24.6 Å². The Balaban J connectivity index is 2.08. The van der Waals surface area contributed by atoms with Crippen LogP contribution >= 0.6 is 0 Å². The molecule has 1 aromatic carbocycles. The van der Waals surface area contributed by atoms with Crippen molar-refractivity contribution in [2.24, 2.45) is 0 Å². The molecular weight excluding hydrogens is 326 g/mol. The van der Waals surface area contributed by atoms with Crippen LogP contribution in [-0.4, -0.2) is 55.3 Å². The topological polar surface area (TPSA) is 85.3 Å². The van der Waals surface area contributed by atoms with Gasteiger partial charge in [-0.15, -0.1) is 0 Å². The third kappa shape index (κ3) is 3.23. The summed E-state index contributed by atoms with van der Waals surface area (Å²) in [7, 11) is 1.55. The lowest BCUT2D eigenvalue weighted by atomic mass is 10.0. The van der Waals surface area contributed by atoms with E-state index in [-0.39, 0.29) is 28.6 Å². The summed E-state index contributed by atoms with van der Waals surface area (Å²) in [6.07, 6.45) is 0. The Morgan fingerprint density at radius 3 is 2.36 bits per heavy atom. The first kappa shape index (κ1) is 17.0. The number of methoxy groups -OCH3 is 1. The summed E-state index contributed by atoms with van der Waals surface area (Å²) >= 11 is 0. The minimum Gasteiger partial charge on any atom is -0.504 e. The number of benzene rings is 1. The van der Waals surface area contributed by atoms with Crippen LogP contribution in [0.2, 0.25) is 0 Å². The highest BCUT2D eigenvalue weighted by Crippen LogP contribution is 2.33. The first-order chi connectivity index (χ1) is 12.0. The van der Waals surface area contributed by atoms with E-state index < -0.39 is 5.97 Å². The highest BCUT2D eigenvalue weighted by atomic mass is 16.6. The molecule has 1 saturated heterocycles. The van der Waals surface area contributed by atoms with Crippen LogP contribution in [0.3, 0.4) is 0 Å². The molecule has 1 aromatic rings. The van der Waals surface area contributed by atoms with E-state index in [2.05, 4.69) is 0 Å². The molecule has 0 aliphatic carbocycles. The van der Waals surface area contributed by atoms with Gasteiger partial charge in [-0.25, -0.2) is 4.79 Å². The number of amides is 1. The summed E-state index contributed by atoms with van der Waals surface area (Å²) in [4.78, 5) is 26.5. The molecule has 1 amide bonds. The van der Waals surface area contributed by atoms with Crippen molar-refractivity contribution in [2.75, 3.05) is 33.4 Å². The summed E-state index contributed by atoms with van der Waals surface area (Å²) in [5.41, 5.74) is 0.754. The predicted octanol–water partition coefficient (Wildman–Crippen LogP) is 1.65. The Kier molecular flexibility index (Phi) is 4.76. The maximum atomic E-state index is 13.1. The normalized spacial score (nSPS) is 19.8. The van der Waals surface area contributed by atoms with E-state index in [1.54, 1.807) is 36.3 Å². The number of ether oxygens (including phenoxy) is 3. The number of hydrogen-bond donors (Lipinski definition) is 1. The molecule has 3 rings (SSSR count). The van der Waals surface area contributed by atoms with E-state index in [9.17, 15) is 14.7 Å². The molecule has 0 saturated carbocycles. The Morgan fingerprint density at radius 1 is 1.20 bits per heavy atom. The average Bonchev–Trinajstić information content (AvgIpc) is 2.90. The van der Waals surface area contributed by atoms with Crippen molar-refractivity contribution >= 4 is 17.4 Å². The molecule has 1 N–H and O–H groups in total. The summed E-state index contributed by atoms with van der Waals surface area (Å²) in [6, 6.07) is 6.78. The maximum absolute atomic E-state index is 13.1. The number of hydrogen-bond acceptors (Lipinski definition) is 6. The first-order valence-electron chi connectivity index (χ1n) is 7.91. The molecule has 2 aliphatic rings. The van der Waals surface area contributed by atoms with Gasteiger partial charge in [-0.1, -0.05) is 12.1 Å². The summed E-state index contributed by atoms with van der Waals surface area (Å²) in [5.74, 6) is -0.765. The van der Waals surface area contributed by atoms with Crippen molar-refractivity contribution in [3.8, 4) is 5.75 Å². The SMILES string of the molecule is COc1ccc(/C(C(=O)N2CCOCC2)=C2\OC(=O)C(C)=C2O)cc1. The second-order valence-corrected chi connectivity index (χ2v) is 5.70. The van der Waals surface area contributed by atoms with Crippen molar-refractivity contribution in [1.29, 1.82) is 0 Å². The number of morpholine rings is 1. The molecule has 7 heteroatoms. The van der Waals surface area contributed by atoms with Gasteiger partial charge in [0.2, 0.25) is 0 Å². The Bertz CT molecular complexity index is 756. The molecule has 2 aliphatic heterocycles. The zero-order chi connectivity index (χ0) is 18.0. The Labute approximate surface area is 145 Å². The fraction of sp³-hybridized carbons (Fsp3) is 0.333. The van der Waals surface area contributed by atoms with Crippen LogP contribution in [-0.2, 0) is 19.1 Å². The number of rotatable bonds is 3. The van der Waals surface area contributed by atoms with Gasteiger partial charge in [0, 0.05) is 13.1 Å². The van der Waals surface area contributed by atoms with E-state index in [1.807, 2.05) is 0 Å². The zero-order valence-electron chi connectivity index (χ0n) is 14.1. The van der Waals surface area contributed by atoms with Crippen molar-refractivity contribution in [3.05, 3.63) is 46.9 Å². The number of aliphatic hydroxyl groups is 1. The van der Waals surface area contributed by atoms with Crippen LogP contribution < -0.4 is 4.74 Å². The lowest BCUT2D eigenvalue weighted by Gasteiger charge is -2.28. The Hall–Kier alpha value is -2.80. The second-order valence-electron chi connectivity index (χ2n) is 5.70. The van der Waals surface area contributed by atoms with E-state index >= 15 is 0 Å². The fourth-order valence-electron chi connectivity index (χ4n) is 2.69. The van der Waals surface area contributed by atoms with Crippen LogP contribution in [0.1, 0.15) is 12.5 Å². The minimum absolute atomic E-state index is 0.0794. The summed E-state index contributed by atoms with van der Waals surface area (Å²) < 4.78 is 15.6. The monoisotopic (exact) mass is 345 g/mol. The summed E-state index contributed by atoms with van der Waals surface area (Å²) in [6.45, 7) is 3.21. The Morgan fingerprint density at radius 2 is 1.84 bits per heavy atom. The molecule has 0 atom stereocenters. The highest BCUT2D eigenvalue weighted by Gasteiger charge is 2.34. The lowest BCUT2D eigenvalue weighted by Crippen LogP contribution is -2.41. The molecule has 25 heavy (non-hydrogen) atoms. The van der Waals surface area contributed by atoms with Crippen molar-refractivity contribution in [2.45, 2.75) is 6.92 Å².